The number of hydrogen-bond donors (Lipinski definition) is 3. The van der Waals surface area contributed by atoms with E-state index in [-0.39, 0.29) is 5.82 Å². The smallest absolute Gasteiger partial charge is 0.205 e. The van der Waals surface area contributed by atoms with Crippen LogP contribution in [-0.4, -0.2) is 15.0 Å². The molecule has 0 saturated heterocycles. The van der Waals surface area contributed by atoms with E-state index < -0.39 is 0 Å². The van der Waals surface area contributed by atoms with Crippen LogP contribution in [0.5, 0.6) is 0 Å². The number of anilines is 2. The molecule has 0 aliphatic heterocycles. The van der Waals surface area contributed by atoms with Gasteiger partial charge in [-0.05, 0) is 36.4 Å². The minimum absolute atomic E-state index is 0.298. The highest BCUT2D eigenvalue weighted by Gasteiger charge is 2.07. The number of aromatic nitrogens is 3. The normalized spacial score (nSPS) is 11.3. The number of nitrogens with zero attached hydrogens (tertiary/aromatic N) is 1. The molecule has 0 amide bonds. The number of imidazole rings is 1. The average Bonchev–Trinajstić information content (AvgIpc) is 3.04. The molecule has 3 N–H and O–H groups in total. The molecular weight excluding hydrogens is 291 g/mol. The first-order chi connectivity index (χ1) is 10.2. The second-order valence-corrected chi connectivity index (χ2v) is 5.18. The largest absolute Gasteiger partial charge is 0.361 e. The summed E-state index contributed by atoms with van der Waals surface area (Å²) in [6.45, 7) is 0. The van der Waals surface area contributed by atoms with Crippen molar-refractivity contribution in [1.29, 1.82) is 0 Å². The number of hydrogen-bond acceptors (Lipinski definition) is 2. The summed E-state index contributed by atoms with van der Waals surface area (Å²) < 4.78 is 13.2. The second kappa shape index (κ2) is 4.49. The minimum Gasteiger partial charge on any atom is -0.361 e. The van der Waals surface area contributed by atoms with Gasteiger partial charge in [-0.1, -0.05) is 11.6 Å². The van der Waals surface area contributed by atoms with Gasteiger partial charge in [-0.25, -0.2) is 9.37 Å². The topological polar surface area (TPSA) is 56.5 Å². The second-order valence-electron chi connectivity index (χ2n) is 4.77. The molecular formula is C15H10ClFN4. The Morgan fingerprint density at radius 2 is 2.00 bits per heavy atom. The molecule has 2 aromatic carbocycles. The summed E-state index contributed by atoms with van der Waals surface area (Å²) in [6.07, 6.45) is 1.84. The molecule has 2 heterocycles. The molecule has 104 valence electrons. The number of fused-ring (bicyclic) bond motifs is 2. The number of rotatable bonds is 2. The molecule has 4 nitrogen and oxygen atoms in total. The van der Waals surface area contributed by atoms with E-state index in [1.807, 2.05) is 24.4 Å². The van der Waals surface area contributed by atoms with E-state index >= 15 is 0 Å². The third kappa shape index (κ3) is 2.11. The van der Waals surface area contributed by atoms with Gasteiger partial charge in [0, 0.05) is 22.8 Å². The molecule has 0 spiro atoms. The van der Waals surface area contributed by atoms with E-state index in [0.717, 1.165) is 16.6 Å². The molecule has 6 heteroatoms. The summed E-state index contributed by atoms with van der Waals surface area (Å²) in [6, 6.07) is 10.1. The van der Waals surface area contributed by atoms with Crippen molar-refractivity contribution in [1.82, 2.24) is 15.0 Å². The summed E-state index contributed by atoms with van der Waals surface area (Å²) in [5.41, 5.74) is 3.08. The quantitative estimate of drug-likeness (QED) is 0.507. The van der Waals surface area contributed by atoms with Crippen molar-refractivity contribution >= 4 is 45.2 Å². The van der Waals surface area contributed by atoms with Crippen molar-refractivity contribution in [2.24, 2.45) is 0 Å². The summed E-state index contributed by atoms with van der Waals surface area (Å²) in [4.78, 5) is 10.5. The van der Waals surface area contributed by atoms with Crippen LogP contribution in [0.2, 0.25) is 5.02 Å². The number of nitrogens with one attached hydrogen (secondary N) is 3. The molecule has 0 saturated carbocycles. The molecule has 2 aromatic heterocycles. The van der Waals surface area contributed by atoms with Crippen LogP contribution in [0.4, 0.5) is 16.0 Å². The third-order valence-electron chi connectivity index (χ3n) is 3.33. The van der Waals surface area contributed by atoms with Crippen molar-refractivity contribution in [3.8, 4) is 0 Å². The van der Waals surface area contributed by atoms with E-state index in [2.05, 4.69) is 20.3 Å². The number of benzene rings is 2. The zero-order valence-corrected chi connectivity index (χ0v) is 11.5. The maximum Gasteiger partial charge on any atom is 0.205 e. The monoisotopic (exact) mass is 300 g/mol. The molecule has 0 bridgehead atoms. The van der Waals surface area contributed by atoms with Crippen molar-refractivity contribution in [2.75, 3.05) is 5.32 Å². The van der Waals surface area contributed by atoms with Gasteiger partial charge in [0.2, 0.25) is 5.95 Å². The molecule has 0 unspecified atom stereocenters. The van der Waals surface area contributed by atoms with Gasteiger partial charge in [-0.2, -0.15) is 0 Å². The molecule has 0 atom stereocenters. The molecule has 0 aliphatic rings. The van der Waals surface area contributed by atoms with Crippen LogP contribution in [0, 0.1) is 5.82 Å². The summed E-state index contributed by atoms with van der Waals surface area (Å²) >= 11 is 6.23. The lowest BCUT2D eigenvalue weighted by molar-refractivity contribution is 0.629. The third-order valence-corrected chi connectivity index (χ3v) is 3.64. The summed E-state index contributed by atoms with van der Waals surface area (Å²) in [5.74, 6) is 0.242. The van der Waals surface area contributed by atoms with Gasteiger partial charge in [-0.15, -0.1) is 0 Å². The first-order valence-corrected chi connectivity index (χ1v) is 6.76. The number of H-pyrrole nitrogens is 2. The Morgan fingerprint density at radius 1 is 1.10 bits per heavy atom. The lowest BCUT2D eigenvalue weighted by Gasteiger charge is -2.04. The zero-order chi connectivity index (χ0) is 14.4. The molecule has 4 aromatic rings. The van der Waals surface area contributed by atoms with Gasteiger partial charge in [0.15, 0.2) is 0 Å². The minimum atomic E-state index is -0.298. The fourth-order valence-corrected chi connectivity index (χ4v) is 2.65. The maximum atomic E-state index is 13.2. The Labute approximate surface area is 124 Å². The SMILES string of the molecule is Fc1ccc2nc(Nc3cc(Cl)c4cc[nH]c4c3)[nH]c2c1. The fraction of sp³-hybridized carbons (Fsp3) is 0. The van der Waals surface area contributed by atoms with Crippen LogP contribution >= 0.6 is 11.6 Å². The highest BCUT2D eigenvalue weighted by molar-refractivity contribution is 6.35. The Bertz CT molecular complexity index is 957. The van der Waals surface area contributed by atoms with E-state index in [0.29, 0.717) is 22.0 Å². The van der Waals surface area contributed by atoms with Gasteiger partial charge in [-0.3, -0.25) is 0 Å². The van der Waals surface area contributed by atoms with E-state index in [4.69, 9.17) is 11.6 Å². The highest BCUT2D eigenvalue weighted by Crippen LogP contribution is 2.28. The van der Waals surface area contributed by atoms with Crippen LogP contribution in [0.25, 0.3) is 21.9 Å². The predicted molar refractivity (Wildman–Crippen MR) is 82.6 cm³/mol. The van der Waals surface area contributed by atoms with Crippen LogP contribution in [0.15, 0.2) is 42.6 Å². The molecule has 4 rings (SSSR count). The van der Waals surface area contributed by atoms with Crippen molar-refractivity contribution < 1.29 is 4.39 Å². The summed E-state index contributed by atoms with van der Waals surface area (Å²) in [7, 11) is 0. The fourth-order valence-electron chi connectivity index (χ4n) is 2.37. The Balaban J connectivity index is 1.75. The van der Waals surface area contributed by atoms with Crippen LogP contribution in [0.3, 0.4) is 0 Å². The predicted octanol–water partition coefficient (Wildman–Crippen LogP) is 4.58. The molecule has 21 heavy (non-hydrogen) atoms. The Kier molecular flexibility index (Phi) is 2.62. The maximum absolute atomic E-state index is 13.2. The highest BCUT2D eigenvalue weighted by atomic mass is 35.5. The van der Waals surface area contributed by atoms with E-state index in [1.165, 1.54) is 12.1 Å². The molecule has 0 fully saturated rings. The van der Waals surface area contributed by atoms with Crippen molar-refractivity contribution in [2.45, 2.75) is 0 Å². The van der Waals surface area contributed by atoms with Crippen molar-refractivity contribution in [3.63, 3.8) is 0 Å². The van der Waals surface area contributed by atoms with Gasteiger partial charge < -0.3 is 15.3 Å². The van der Waals surface area contributed by atoms with Gasteiger partial charge in [0.05, 0.1) is 16.1 Å². The van der Waals surface area contributed by atoms with Gasteiger partial charge in [0.25, 0.3) is 0 Å². The first kappa shape index (κ1) is 12.2. The van der Waals surface area contributed by atoms with Crippen LogP contribution in [0.1, 0.15) is 0 Å². The standard InChI is InChI=1S/C15H10ClFN4/c16-11-6-9(7-13-10(11)3-4-18-13)19-15-20-12-2-1-8(17)5-14(12)21-15/h1-7,18H,(H2,19,20,21). The van der Waals surface area contributed by atoms with Gasteiger partial charge in [0.1, 0.15) is 5.82 Å². The van der Waals surface area contributed by atoms with Crippen LogP contribution < -0.4 is 5.32 Å². The Hall–Kier alpha value is -2.53. The molecule has 0 aliphatic carbocycles. The van der Waals surface area contributed by atoms with Gasteiger partial charge >= 0.3 is 0 Å². The lowest BCUT2D eigenvalue weighted by Crippen LogP contribution is -1.92. The first-order valence-electron chi connectivity index (χ1n) is 6.38. The zero-order valence-electron chi connectivity index (χ0n) is 10.7. The van der Waals surface area contributed by atoms with E-state index in [9.17, 15) is 4.39 Å². The Morgan fingerprint density at radius 3 is 2.90 bits per heavy atom. The number of halogens is 2. The summed E-state index contributed by atoms with van der Waals surface area (Å²) in [5, 5.41) is 4.76. The van der Waals surface area contributed by atoms with Crippen molar-refractivity contribution in [3.05, 3.63) is 53.4 Å². The van der Waals surface area contributed by atoms with Crippen LogP contribution in [-0.2, 0) is 0 Å². The number of aromatic amines is 2. The molecule has 0 radical (unpaired) electrons. The lowest BCUT2D eigenvalue weighted by atomic mass is 10.2. The average molecular weight is 301 g/mol. The van der Waals surface area contributed by atoms with E-state index in [1.54, 1.807) is 6.07 Å².